The number of aromatic nitrogens is 2. The fourth-order valence-corrected chi connectivity index (χ4v) is 1.50. The topological polar surface area (TPSA) is 17.8 Å². The SMILES string of the molecule is Cc1nn(C)c(C(F)(F)F)c1Br. The lowest BCUT2D eigenvalue weighted by Crippen LogP contribution is -2.12. The molecule has 0 atom stereocenters. The lowest BCUT2D eigenvalue weighted by Gasteiger charge is -2.06. The Labute approximate surface area is 75.5 Å². The summed E-state index contributed by atoms with van der Waals surface area (Å²) < 4.78 is 37.5. The molecule has 1 aromatic heterocycles. The molecular weight excluding hydrogens is 237 g/mol. The maximum Gasteiger partial charge on any atom is 0.434 e. The zero-order valence-corrected chi connectivity index (χ0v) is 7.99. The van der Waals surface area contributed by atoms with Crippen LogP contribution in [0.15, 0.2) is 4.47 Å². The van der Waals surface area contributed by atoms with Gasteiger partial charge in [0, 0.05) is 7.05 Å². The van der Waals surface area contributed by atoms with Crippen LogP contribution >= 0.6 is 15.9 Å². The van der Waals surface area contributed by atoms with Gasteiger partial charge in [0.1, 0.15) is 0 Å². The van der Waals surface area contributed by atoms with Crippen LogP contribution in [0.1, 0.15) is 11.4 Å². The minimum absolute atomic E-state index is 0.0116. The fourth-order valence-electron chi connectivity index (χ4n) is 0.940. The fraction of sp³-hybridized carbons (Fsp3) is 0.500. The lowest BCUT2D eigenvalue weighted by atomic mass is 10.3. The van der Waals surface area contributed by atoms with Crippen molar-refractivity contribution < 1.29 is 13.2 Å². The number of hydrogen-bond acceptors (Lipinski definition) is 1. The monoisotopic (exact) mass is 242 g/mol. The number of hydrogen-bond donors (Lipinski definition) is 0. The highest BCUT2D eigenvalue weighted by molar-refractivity contribution is 9.10. The van der Waals surface area contributed by atoms with Gasteiger partial charge in [-0.25, -0.2) is 0 Å². The van der Waals surface area contributed by atoms with E-state index in [9.17, 15) is 13.2 Å². The molecule has 1 heterocycles. The summed E-state index contributed by atoms with van der Waals surface area (Å²) in [6, 6.07) is 0. The maximum atomic E-state index is 12.2. The van der Waals surface area contributed by atoms with Crippen molar-refractivity contribution in [2.24, 2.45) is 7.05 Å². The van der Waals surface area contributed by atoms with E-state index >= 15 is 0 Å². The first-order valence-corrected chi connectivity index (χ1v) is 3.89. The molecule has 0 spiro atoms. The van der Waals surface area contributed by atoms with Crippen LogP contribution in [0.2, 0.25) is 0 Å². The summed E-state index contributed by atoms with van der Waals surface area (Å²) in [5.74, 6) is 0. The van der Waals surface area contributed by atoms with Crippen LogP contribution in [-0.2, 0) is 13.2 Å². The highest BCUT2D eigenvalue weighted by atomic mass is 79.9. The third kappa shape index (κ3) is 1.48. The van der Waals surface area contributed by atoms with E-state index < -0.39 is 11.9 Å². The minimum Gasteiger partial charge on any atom is -0.262 e. The lowest BCUT2D eigenvalue weighted by molar-refractivity contribution is -0.144. The first-order valence-electron chi connectivity index (χ1n) is 3.10. The van der Waals surface area contributed by atoms with Crippen LogP contribution in [0.3, 0.4) is 0 Å². The van der Waals surface area contributed by atoms with Crippen molar-refractivity contribution in [3.63, 3.8) is 0 Å². The minimum atomic E-state index is -4.35. The summed E-state index contributed by atoms with van der Waals surface area (Å²) in [6.45, 7) is 1.51. The smallest absolute Gasteiger partial charge is 0.262 e. The summed E-state index contributed by atoms with van der Waals surface area (Å²) in [5, 5.41) is 3.63. The molecule has 0 aromatic carbocycles. The standard InChI is InChI=1S/C6H6BrF3N2/c1-3-4(7)5(6(8,9)10)12(2)11-3/h1-2H3. The number of alkyl halides is 3. The normalized spacial score (nSPS) is 12.2. The molecule has 1 aromatic rings. The molecule has 0 N–H and O–H groups in total. The second-order valence-electron chi connectivity index (χ2n) is 2.37. The van der Waals surface area contributed by atoms with E-state index in [0.29, 0.717) is 5.69 Å². The summed E-state index contributed by atoms with van der Waals surface area (Å²) in [5.41, 5.74) is -0.412. The molecule has 6 heteroatoms. The van der Waals surface area contributed by atoms with E-state index in [4.69, 9.17) is 0 Å². The second-order valence-corrected chi connectivity index (χ2v) is 3.16. The molecular formula is C6H6BrF3N2. The van der Waals surface area contributed by atoms with E-state index in [1.807, 2.05) is 0 Å². The summed E-state index contributed by atoms with van der Waals surface area (Å²) in [6.07, 6.45) is -4.35. The predicted molar refractivity (Wildman–Crippen MR) is 40.6 cm³/mol. The van der Waals surface area contributed by atoms with Crippen molar-refractivity contribution in [2.45, 2.75) is 13.1 Å². The predicted octanol–water partition coefficient (Wildman–Crippen LogP) is 2.51. The van der Waals surface area contributed by atoms with Crippen LogP contribution in [0, 0.1) is 6.92 Å². The van der Waals surface area contributed by atoms with E-state index in [1.165, 1.54) is 14.0 Å². The van der Waals surface area contributed by atoms with Gasteiger partial charge in [-0.1, -0.05) is 0 Å². The van der Waals surface area contributed by atoms with Gasteiger partial charge in [0.2, 0.25) is 0 Å². The molecule has 0 saturated carbocycles. The average molecular weight is 243 g/mol. The van der Waals surface area contributed by atoms with Crippen molar-refractivity contribution >= 4 is 15.9 Å². The molecule has 68 valence electrons. The van der Waals surface area contributed by atoms with Gasteiger partial charge in [-0.3, -0.25) is 4.68 Å². The van der Waals surface area contributed by atoms with Crippen molar-refractivity contribution in [2.75, 3.05) is 0 Å². The van der Waals surface area contributed by atoms with Crippen molar-refractivity contribution in [3.8, 4) is 0 Å². The Hall–Kier alpha value is -0.520. The van der Waals surface area contributed by atoms with Gasteiger partial charge in [-0.15, -0.1) is 0 Å². The van der Waals surface area contributed by atoms with Crippen LogP contribution in [0.5, 0.6) is 0 Å². The Morgan fingerprint density at radius 1 is 1.42 bits per heavy atom. The average Bonchev–Trinajstić information content (AvgIpc) is 2.05. The van der Waals surface area contributed by atoms with Gasteiger partial charge in [0.15, 0.2) is 5.69 Å². The van der Waals surface area contributed by atoms with Gasteiger partial charge >= 0.3 is 6.18 Å². The Bertz CT molecular complexity index is 302. The van der Waals surface area contributed by atoms with Gasteiger partial charge in [0.25, 0.3) is 0 Å². The van der Waals surface area contributed by atoms with Crippen LogP contribution in [-0.4, -0.2) is 9.78 Å². The summed E-state index contributed by atoms with van der Waals surface area (Å²) >= 11 is 2.83. The van der Waals surface area contributed by atoms with Gasteiger partial charge < -0.3 is 0 Å². The Kier molecular flexibility index (Phi) is 2.20. The Morgan fingerprint density at radius 2 is 1.92 bits per heavy atom. The van der Waals surface area contributed by atoms with Crippen LogP contribution in [0.4, 0.5) is 13.2 Å². The van der Waals surface area contributed by atoms with E-state index in [1.54, 1.807) is 0 Å². The van der Waals surface area contributed by atoms with Gasteiger partial charge in [0.05, 0.1) is 10.2 Å². The highest BCUT2D eigenvalue weighted by Gasteiger charge is 2.37. The molecule has 0 fully saturated rings. The maximum absolute atomic E-state index is 12.2. The number of halogens is 4. The molecule has 0 saturated heterocycles. The number of nitrogens with zero attached hydrogens (tertiary/aromatic N) is 2. The Morgan fingerprint density at radius 3 is 2.08 bits per heavy atom. The molecule has 0 aliphatic heterocycles. The molecule has 12 heavy (non-hydrogen) atoms. The Balaban J connectivity index is 3.32. The first-order chi connectivity index (χ1) is 5.34. The number of rotatable bonds is 0. The van der Waals surface area contributed by atoms with Crippen LogP contribution < -0.4 is 0 Å². The van der Waals surface area contributed by atoms with Crippen LogP contribution in [0.25, 0.3) is 0 Å². The third-order valence-corrected chi connectivity index (χ3v) is 2.37. The van der Waals surface area contributed by atoms with Gasteiger partial charge in [-0.2, -0.15) is 18.3 Å². The molecule has 0 amide bonds. The molecule has 0 unspecified atom stereocenters. The molecule has 0 aliphatic carbocycles. The molecule has 1 rings (SSSR count). The summed E-state index contributed by atoms with van der Waals surface area (Å²) in [4.78, 5) is 0. The summed E-state index contributed by atoms with van der Waals surface area (Å²) in [7, 11) is 1.26. The molecule has 0 bridgehead atoms. The second kappa shape index (κ2) is 2.76. The van der Waals surface area contributed by atoms with E-state index in [0.717, 1.165) is 4.68 Å². The molecule has 2 nitrogen and oxygen atoms in total. The molecule has 0 aliphatic rings. The van der Waals surface area contributed by atoms with Crippen molar-refractivity contribution in [1.29, 1.82) is 0 Å². The number of aryl methyl sites for hydroxylation is 2. The third-order valence-electron chi connectivity index (χ3n) is 1.42. The largest absolute Gasteiger partial charge is 0.434 e. The van der Waals surface area contributed by atoms with E-state index in [-0.39, 0.29) is 4.47 Å². The molecule has 0 radical (unpaired) electrons. The zero-order chi connectivity index (χ0) is 9.52. The quantitative estimate of drug-likeness (QED) is 0.684. The van der Waals surface area contributed by atoms with Gasteiger partial charge in [-0.05, 0) is 22.9 Å². The highest BCUT2D eigenvalue weighted by Crippen LogP contribution is 2.35. The van der Waals surface area contributed by atoms with Crippen molar-refractivity contribution in [3.05, 3.63) is 15.9 Å². The first kappa shape index (κ1) is 9.57. The van der Waals surface area contributed by atoms with Crippen molar-refractivity contribution in [1.82, 2.24) is 9.78 Å². The zero-order valence-electron chi connectivity index (χ0n) is 6.41. The van der Waals surface area contributed by atoms with E-state index in [2.05, 4.69) is 21.0 Å².